The number of amides is 1. The van der Waals surface area contributed by atoms with Gasteiger partial charge in [-0.2, -0.15) is 0 Å². The molecule has 5 nitrogen and oxygen atoms in total. The molecule has 20 heavy (non-hydrogen) atoms. The number of thiophene rings is 1. The number of thiocarbonyl (C=S) groups is 1. The third-order valence-electron chi connectivity index (χ3n) is 2.34. The Labute approximate surface area is 124 Å². The zero-order chi connectivity index (χ0) is 14.5. The lowest BCUT2D eigenvalue weighted by Gasteiger charge is -2.09. The second-order valence-corrected chi connectivity index (χ2v) is 5.13. The molecule has 1 aromatic heterocycles. The van der Waals surface area contributed by atoms with Gasteiger partial charge in [0.15, 0.2) is 5.11 Å². The highest BCUT2D eigenvalue weighted by molar-refractivity contribution is 7.80. The van der Waals surface area contributed by atoms with E-state index in [4.69, 9.17) is 17.3 Å². The molecule has 1 aromatic carbocycles. The van der Waals surface area contributed by atoms with E-state index in [2.05, 4.69) is 10.6 Å². The van der Waals surface area contributed by atoms with Crippen LogP contribution in [0.4, 0.5) is 5.69 Å². The van der Waals surface area contributed by atoms with Gasteiger partial charge in [0.25, 0.3) is 5.91 Å². The van der Waals surface area contributed by atoms with Crippen molar-refractivity contribution in [3.05, 3.63) is 52.2 Å². The largest absolute Gasteiger partial charge is 0.478 e. The van der Waals surface area contributed by atoms with E-state index in [1.54, 1.807) is 29.6 Å². The van der Waals surface area contributed by atoms with Gasteiger partial charge in [0.05, 0.1) is 10.4 Å². The molecule has 0 saturated carbocycles. The summed E-state index contributed by atoms with van der Waals surface area (Å²) in [4.78, 5) is 23.2. The maximum Gasteiger partial charge on any atom is 0.335 e. The summed E-state index contributed by atoms with van der Waals surface area (Å²) in [6.07, 6.45) is 0. The topological polar surface area (TPSA) is 78.4 Å². The lowest BCUT2D eigenvalue weighted by molar-refractivity contribution is 0.0696. The minimum absolute atomic E-state index is 0.117. The van der Waals surface area contributed by atoms with E-state index in [1.807, 2.05) is 0 Å². The van der Waals surface area contributed by atoms with E-state index in [1.165, 1.54) is 23.5 Å². The molecule has 0 atom stereocenters. The van der Waals surface area contributed by atoms with Crippen molar-refractivity contribution in [3.63, 3.8) is 0 Å². The van der Waals surface area contributed by atoms with Gasteiger partial charge in [-0.25, -0.2) is 4.79 Å². The fraction of sp³-hybridized carbons (Fsp3) is 0. The molecule has 0 fully saturated rings. The number of carbonyl (C=O) groups is 2. The normalized spacial score (nSPS) is 9.80. The first-order chi connectivity index (χ1) is 9.56. The van der Waals surface area contributed by atoms with Gasteiger partial charge >= 0.3 is 5.97 Å². The number of anilines is 1. The Morgan fingerprint density at radius 3 is 2.65 bits per heavy atom. The molecule has 0 aliphatic rings. The van der Waals surface area contributed by atoms with Gasteiger partial charge in [-0.3, -0.25) is 10.1 Å². The van der Waals surface area contributed by atoms with Crippen LogP contribution in [0.5, 0.6) is 0 Å². The zero-order valence-corrected chi connectivity index (χ0v) is 11.8. The van der Waals surface area contributed by atoms with Crippen molar-refractivity contribution in [1.29, 1.82) is 0 Å². The molecule has 0 aliphatic heterocycles. The molecule has 0 saturated heterocycles. The molecule has 0 aliphatic carbocycles. The number of carboxylic acids is 1. The van der Waals surface area contributed by atoms with Crippen molar-refractivity contribution in [3.8, 4) is 0 Å². The van der Waals surface area contributed by atoms with E-state index < -0.39 is 5.97 Å². The number of aromatic carboxylic acids is 1. The van der Waals surface area contributed by atoms with Gasteiger partial charge in [-0.15, -0.1) is 11.3 Å². The molecular formula is C13H10N2O3S2. The summed E-state index contributed by atoms with van der Waals surface area (Å²) in [5.41, 5.74) is 0.642. The van der Waals surface area contributed by atoms with Crippen LogP contribution in [0.25, 0.3) is 0 Å². The number of nitrogens with one attached hydrogen (secondary N) is 2. The predicted octanol–water partition coefficient (Wildman–Crippen LogP) is 2.57. The Balaban J connectivity index is 1.99. The van der Waals surface area contributed by atoms with Gasteiger partial charge in [0.1, 0.15) is 0 Å². The second kappa shape index (κ2) is 6.27. The zero-order valence-electron chi connectivity index (χ0n) is 10.1. The Bertz CT molecular complexity index is 653. The molecule has 1 amide bonds. The summed E-state index contributed by atoms with van der Waals surface area (Å²) in [6, 6.07) is 9.62. The van der Waals surface area contributed by atoms with Crippen molar-refractivity contribution in [1.82, 2.24) is 5.32 Å². The van der Waals surface area contributed by atoms with Crippen LogP contribution >= 0.6 is 23.6 Å². The fourth-order valence-corrected chi connectivity index (χ4v) is 2.29. The van der Waals surface area contributed by atoms with E-state index in [0.717, 1.165) is 0 Å². The quantitative estimate of drug-likeness (QED) is 0.760. The molecule has 102 valence electrons. The van der Waals surface area contributed by atoms with Crippen LogP contribution in [0.2, 0.25) is 0 Å². The first-order valence-corrected chi connectivity index (χ1v) is 6.84. The summed E-state index contributed by atoms with van der Waals surface area (Å²) in [7, 11) is 0. The highest BCUT2D eigenvalue weighted by Gasteiger charge is 2.09. The summed E-state index contributed by atoms with van der Waals surface area (Å²) in [6.45, 7) is 0. The number of hydrogen-bond acceptors (Lipinski definition) is 4. The standard InChI is InChI=1S/C13H10N2O3S2/c16-11(10-5-2-6-20-10)15-13(19)14-9-4-1-3-8(7-9)12(17)18/h1-7H,(H,17,18)(H2,14,15,16,19). The van der Waals surface area contributed by atoms with E-state index >= 15 is 0 Å². The Morgan fingerprint density at radius 2 is 2.00 bits per heavy atom. The average Bonchev–Trinajstić information content (AvgIpc) is 2.92. The van der Waals surface area contributed by atoms with Gasteiger partial charge in [-0.05, 0) is 41.9 Å². The van der Waals surface area contributed by atoms with Crippen LogP contribution < -0.4 is 10.6 Å². The molecule has 0 radical (unpaired) electrons. The monoisotopic (exact) mass is 306 g/mol. The molecular weight excluding hydrogens is 296 g/mol. The van der Waals surface area contributed by atoms with Crippen molar-refractivity contribution >= 4 is 46.2 Å². The maximum absolute atomic E-state index is 11.8. The van der Waals surface area contributed by atoms with Gasteiger partial charge in [-0.1, -0.05) is 12.1 Å². The van der Waals surface area contributed by atoms with Crippen LogP contribution in [0.15, 0.2) is 41.8 Å². The lowest BCUT2D eigenvalue weighted by atomic mass is 10.2. The third kappa shape index (κ3) is 3.62. The highest BCUT2D eigenvalue weighted by Crippen LogP contribution is 2.11. The summed E-state index contributed by atoms with van der Waals surface area (Å²) >= 11 is 6.32. The summed E-state index contributed by atoms with van der Waals surface area (Å²) < 4.78 is 0. The van der Waals surface area contributed by atoms with Gasteiger partial charge < -0.3 is 10.4 Å². The minimum Gasteiger partial charge on any atom is -0.478 e. The van der Waals surface area contributed by atoms with Gasteiger partial charge in [0, 0.05) is 5.69 Å². The third-order valence-corrected chi connectivity index (χ3v) is 3.41. The molecule has 0 spiro atoms. The first-order valence-electron chi connectivity index (χ1n) is 5.55. The smallest absolute Gasteiger partial charge is 0.335 e. The van der Waals surface area contributed by atoms with E-state index in [9.17, 15) is 9.59 Å². The van der Waals surface area contributed by atoms with Crippen LogP contribution in [0.1, 0.15) is 20.0 Å². The average molecular weight is 306 g/mol. The first kappa shape index (κ1) is 14.2. The fourth-order valence-electron chi connectivity index (χ4n) is 1.46. The molecule has 0 unspecified atom stereocenters. The van der Waals surface area contributed by atoms with Crippen molar-refractivity contribution < 1.29 is 14.7 Å². The highest BCUT2D eigenvalue weighted by atomic mass is 32.1. The number of carbonyl (C=O) groups excluding carboxylic acids is 1. The maximum atomic E-state index is 11.8. The summed E-state index contributed by atoms with van der Waals surface area (Å²) in [5, 5.41) is 16.1. The summed E-state index contributed by atoms with van der Waals surface area (Å²) in [5.74, 6) is -1.32. The van der Waals surface area contributed by atoms with E-state index in [-0.39, 0.29) is 16.6 Å². The number of rotatable bonds is 3. The van der Waals surface area contributed by atoms with Crippen LogP contribution in [-0.2, 0) is 0 Å². The minimum atomic E-state index is -1.03. The second-order valence-electron chi connectivity index (χ2n) is 3.77. The SMILES string of the molecule is O=C(O)c1cccc(NC(=S)NC(=O)c2cccs2)c1. The molecule has 7 heteroatoms. The number of hydrogen-bond donors (Lipinski definition) is 3. The molecule has 2 aromatic rings. The van der Waals surface area contributed by atoms with Crippen molar-refractivity contribution in [2.24, 2.45) is 0 Å². The van der Waals surface area contributed by atoms with Crippen molar-refractivity contribution in [2.45, 2.75) is 0 Å². The van der Waals surface area contributed by atoms with E-state index in [0.29, 0.717) is 10.6 Å². The molecule has 1 heterocycles. The Kier molecular flexibility index (Phi) is 4.44. The molecule has 2 rings (SSSR count). The molecule has 3 N–H and O–H groups in total. The number of benzene rings is 1. The molecule has 0 bridgehead atoms. The Morgan fingerprint density at radius 1 is 1.20 bits per heavy atom. The van der Waals surface area contributed by atoms with Gasteiger partial charge in [0.2, 0.25) is 0 Å². The predicted molar refractivity (Wildman–Crippen MR) is 81.4 cm³/mol. The Hall–Kier alpha value is -2.25. The lowest BCUT2D eigenvalue weighted by Crippen LogP contribution is -2.33. The van der Waals surface area contributed by atoms with Crippen LogP contribution in [0.3, 0.4) is 0 Å². The van der Waals surface area contributed by atoms with Crippen molar-refractivity contribution in [2.75, 3.05) is 5.32 Å². The van der Waals surface area contributed by atoms with Crippen LogP contribution in [-0.4, -0.2) is 22.1 Å². The van der Waals surface area contributed by atoms with Crippen LogP contribution in [0, 0.1) is 0 Å². The number of carboxylic acid groups (broad SMARTS) is 1.